The number of rotatable bonds is 8. The van der Waals surface area contributed by atoms with E-state index in [0.717, 1.165) is 21.7 Å². The SMILES string of the molecule is C=S(c1cccc(-c2c(C)n(C/C(F)=C/CN)c3cc(F)c(C(=O)OCC)cc23)c1)N(C)C. The number of ether oxygens (including phenoxy) is 1. The van der Waals surface area contributed by atoms with Crippen molar-refractivity contribution in [3.8, 4) is 11.1 Å². The van der Waals surface area contributed by atoms with Gasteiger partial charge >= 0.3 is 5.97 Å². The monoisotopic (exact) mass is 473 g/mol. The summed E-state index contributed by atoms with van der Waals surface area (Å²) < 4.78 is 38.1. The number of aromatic nitrogens is 1. The van der Waals surface area contributed by atoms with E-state index in [1.165, 1.54) is 18.2 Å². The normalized spacial score (nSPS) is 13.0. The Morgan fingerprint density at radius 2 is 2.03 bits per heavy atom. The Kier molecular flexibility index (Phi) is 7.84. The number of halogens is 2. The van der Waals surface area contributed by atoms with E-state index in [2.05, 4.69) is 5.87 Å². The zero-order valence-electron chi connectivity index (χ0n) is 19.3. The molecule has 0 spiro atoms. The Hall–Kier alpha value is -2.81. The fourth-order valence-electron chi connectivity index (χ4n) is 3.78. The van der Waals surface area contributed by atoms with Crippen LogP contribution in [-0.2, 0) is 11.3 Å². The van der Waals surface area contributed by atoms with Crippen LogP contribution in [0.25, 0.3) is 22.0 Å². The second-order valence-electron chi connectivity index (χ2n) is 7.71. The van der Waals surface area contributed by atoms with Crippen molar-refractivity contribution in [3.63, 3.8) is 0 Å². The Labute approximate surface area is 195 Å². The molecule has 176 valence electrons. The maximum Gasteiger partial charge on any atom is 0.341 e. The molecule has 0 amide bonds. The molecule has 1 unspecified atom stereocenters. The van der Waals surface area contributed by atoms with E-state index in [0.29, 0.717) is 10.9 Å². The second-order valence-corrected chi connectivity index (χ2v) is 9.64. The molecule has 3 rings (SSSR count). The number of carbonyl (C=O) groups is 1. The Bertz CT molecular complexity index is 1250. The van der Waals surface area contributed by atoms with E-state index in [1.54, 1.807) is 11.5 Å². The Morgan fingerprint density at radius 3 is 2.67 bits per heavy atom. The molecule has 0 aliphatic carbocycles. The van der Waals surface area contributed by atoms with Gasteiger partial charge in [0, 0.05) is 28.1 Å². The zero-order valence-corrected chi connectivity index (χ0v) is 20.1. The fourth-order valence-corrected chi connectivity index (χ4v) is 4.70. The smallest absolute Gasteiger partial charge is 0.341 e. The van der Waals surface area contributed by atoms with Gasteiger partial charge in [-0.05, 0) is 63.8 Å². The molecule has 2 aromatic carbocycles. The van der Waals surface area contributed by atoms with Crippen molar-refractivity contribution in [2.75, 3.05) is 27.2 Å². The molecular weight excluding hydrogens is 444 g/mol. The summed E-state index contributed by atoms with van der Waals surface area (Å²) in [4.78, 5) is 13.4. The van der Waals surface area contributed by atoms with Crippen molar-refractivity contribution >= 4 is 33.4 Å². The summed E-state index contributed by atoms with van der Waals surface area (Å²) in [5.41, 5.74) is 8.22. The molecule has 3 aromatic rings. The summed E-state index contributed by atoms with van der Waals surface area (Å²) in [6, 6.07) is 10.7. The number of fused-ring (bicyclic) bond motifs is 1. The van der Waals surface area contributed by atoms with E-state index in [4.69, 9.17) is 10.5 Å². The third-order valence-electron chi connectivity index (χ3n) is 5.39. The number of allylic oxidation sites excluding steroid dienone is 1. The van der Waals surface area contributed by atoms with Crippen molar-refractivity contribution in [3.05, 3.63) is 65.4 Å². The van der Waals surface area contributed by atoms with Crippen LogP contribution in [-0.4, -0.2) is 48.0 Å². The largest absolute Gasteiger partial charge is 0.462 e. The van der Waals surface area contributed by atoms with E-state index in [1.807, 2.05) is 49.6 Å². The van der Waals surface area contributed by atoms with Crippen LogP contribution in [0.2, 0.25) is 0 Å². The lowest BCUT2D eigenvalue weighted by Crippen LogP contribution is -2.08. The molecule has 1 aromatic heterocycles. The maximum absolute atomic E-state index is 14.9. The van der Waals surface area contributed by atoms with Gasteiger partial charge in [-0.2, -0.15) is 0 Å². The van der Waals surface area contributed by atoms with Crippen LogP contribution < -0.4 is 5.73 Å². The lowest BCUT2D eigenvalue weighted by molar-refractivity contribution is 0.0521. The van der Waals surface area contributed by atoms with Crippen molar-refractivity contribution in [2.24, 2.45) is 5.73 Å². The molecule has 33 heavy (non-hydrogen) atoms. The first-order valence-corrected chi connectivity index (χ1v) is 11.9. The van der Waals surface area contributed by atoms with Gasteiger partial charge < -0.3 is 15.0 Å². The fraction of sp³-hybridized carbons (Fsp3) is 0.280. The van der Waals surface area contributed by atoms with Gasteiger partial charge in [0.2, 0.25) is 0 Å². The highest BCUT2D eigenvalue weighted by Gasteiger charge is 2.22. The van der Waals surface area contributed by atoms with Crippen LogP contribution in [0, 0.1) is 12.7 Å². The van der Waals surface area contributed by atoms with Gasteiger partial charge in [-0.1, -0.05) is 28.7 Å². The highest BCUT2D eigenvalue weighted by atomic mass is 32.2. The predicted molar refractivity (Wildman–Crippen MR) is 133 cm³/mol. The minimum absolute atomic E-state index is 0.0662. The molecule has 1 atom stereocenters. The second kappa shape index (κ2) is 10.4. The first kappa shape index (κ1) is 24.8. The highest BCUT2D eigenvalue weighted by Crippen LogP contribution is 2.39. The standard InChI is InChI=1S/C25H29F2N3O2S/c1-6-32-25(31)20-13-21-23(14-22(20)27)30(15-18(26)10-11-28)16(2)24(21)17-8-7-9-19(12-17)33(5)29(3)4/h7-10,12-14H,5-6,11,15,28H2,1-4H3/b18-10-. The lowest BCUT2D eigenvalue weighted by atomic mass is 10.0. The number of benzene rings is 2. The van der Waals surface area contributed by atoms with Crippen molar-refractivity contribution in [2.45, 2.75) is 25.3 Å². The Morgan fingerprint density at radius 1 is 1.30 bits per heavy atom. The van der Waals surface area contributed by atoms with Crippen molar-refractivity contribution in [1.82, 2.24) is 8.87 Å². The number of nitrogens with zero attached hydrogens (tertiary/aromatic N) is 2. The van der Waals surface area contributed by atoms with E-state index >= 15 is 0 Å². The van der Waals surface area contributed by atoms with Crippen LogP contribution >= 0.6 is 10.7 Å². The molecule has 0 saturated carbocycles. The third kappa shape index (κ3) is 5.08. The van der Waals surface area contributed by atoms with Crippen molar-refractivity contribution in [1.29, 1.82) is 0 Å². The lowest BCUT2D eigenvalue weighted by Gasteiger charge is -2.16. The topological polar surface area (TPSA) is 60.5 Å². The van der Waals surface area contributed by atoms with E-state index in [9.17, 15) is 13.6 Å². The van der Waals surface area contributed by atoms with Gasteiger partial charge in [-0.25, -0.2) is 13.6 Å². The zero-order chi connectivity index (χ0) is 24.3. The van der Waals surface area contributed by atoms with Gasteiger partial charge in [0.15, 0.2) is 0 Å². The van der Waals surface area contributed by atoms with Crippen LogP contribution in [0.15, 0.2) is 53.2 Å². The highest BCUT2D eigenvalue weighted by molar-refractivity contribution is 8.12. The van der Waals surface area contributed by atoms with Crippen LogP contribution in [0.1, 0.15) is 23.0 Å². The van der Waals surface area contributed by atoms with Gasteiger partial charge in [-0.15, -0.1) is 0 Å². The van der Waals surface area contributed by atoms with Crippen LogP contribution in [0.4, 0.5) is 8.78 Å². The summed E-state index contributed by atoms with van der Waals surface area (Å²) >= 11 is 0. The van der Waals surface area contributed by atoms with Gasteiger partial charge in [-0.3, -0.25) is 4.31 Å². The predicted octanol–water partition coefficient (Wildman–Crippen LogP) is 5.28. The Balaban J connectivity index is 2.31. The molecule has 0 radical (unpaired) electrons. The molecule has 0 saturated heterocycles. The average Bonchev–Trinajstić information content (AvgIpc) is 3.03. The van der Waals surface area contributed by atoms with Gasteiger partial charge in [0.1, 0.15) is 11.6 Å². The number of esters is 1. The quantitative estimate of drug-likeness (QED) is 0.357. The third-order valence-corrected chi connectivity index (χ3v) is 7.07. The first-order valence-electron chi connectivity index (χ1n) is 10.6. The summed E-state index contributed by atoms with van der Waals surface area (Å²) in [7, 11) is 3.55. The molecular formula is C25H29F2N3O2S. The summed E-state index contributed by atoms with van der Waals surface area (Å²) in [5.74, 6) is 2.37. The molecule has 0 bridgehead atoms. The molecule has 5 nitrogen and oxygen atoms in total. The number of hydrogen-bond acceptors (Lipinski definition) is 4. The molecule has 2 N–H and O–H groups in total. The van der Waals surface area contributed by atoms with Crippen LogP contribution in [0.5, 0.6) is 0 Å². The van der Waals surface area contributed by atoms with E-state index < -0.39 is 17.6 Å². The molecule has 0 aliphatic rings. The minimum atomic E-state index is -0.733. The maximum atomic E-state index is 14.9. The minimum Gasteiger partial charge on any atom is -0.462 e. The summed E-state index contributed by atoms with van der Waals surface area (Å²) in [5, 5.41) is 0.642. The number of hydrogen-bond donors (Lipinski definition) is 1. The average molecular weight is 474 g/mol. The molecule has 1 heterocycles. The molecule has 8 heteroatoms. The number of carbonyl (C=O) groups excluding carboxylic acids is 1. The van der Waals surface area contributed by atoms with Gasteiger partial charge in [0.25, 0.3) is 0 Å². The van der Waals surface area contributed by atoms with Crippen LogP contribution in [0.3, 0.4) is 0 Å². The summed E-state index contributed by atoms with van der Waals surface area (Å²) in [6.45, 7) is 3.64. The summed E-state index contributed by atoms with van der Waals surface area (Å²) in [6.07, 6.45) is 1.29. The van der Waals surface area contributed by atoms with Gasteiger partial charge in [0.05, 0.1) is 24.2 Å². The molecule has 0 aliphatic heterocycles. The van der Waals surface area contributed by atoms with E-state index in [-0.39, 0.29) is 35.9 Å². The first-order chi connectivity index (χ1) is 15.7. The number of nitrogens with two attached hydrogens (primary N) is 1. The molecule has 0 fully saturated rings. The van der Waals surface area contributed by atoms with Crippen molar-refractivity contribution < 1.29 is 18.3 Å².